The van der Waals surface area contributed by atoms with E-state index in [1.807, 2.05) is 67.7 Å². The molecular weight excluding hydrogens is 290 g/mol. The van der Waals surface area contributed by atoms with Crippen molar-refractivity contribution in [2.24, 2.45) is 0 Å². The maximum atomic E-state index is 11.6. The zero-order chi connectivity index (χ0) is 13.5. The van der Waals surface area contributed by atoms with Crippen molar-refractivity contribution in [1.29, 1.82) is 0 Å². The molecule has 0 saturated carbocycles. The third-order valence-corrected chi connectivity index (χ3v) is 3.10. The Kier molecular flexibility index (Phi) is 7.24. The monoisotopic (exact) mass is 309 g/mol. The van der Waals surface area contributed by atoms with Crippen molar-refractivity contribution in [2.75, 3.05) is 20.1 Å². The molecule has 1 aliphatic heterocycles. The Labute approximate surface area is 131 Å². The Morgan fingerprint density at radius 1 is 1.20 bits per heavy atom. The molecule has 1 heterocycles. The molecule has 0 atom stereocenters. The second kappa shape index (κ2) is 8.70. The van der Waals surface area contributed by atoms with Gasteiger partial charge in [-0.1, -0.05) is 5.57 Å². The third-order valence-electron chi connectivity index (χ3n) is 3.10. The molecule has 1 saturated heterocycles. The van der Waals surface area contributed by atoms with Crippen LogP contribution in [-0.4, -0.2) is 30.8 Å². The minimum atomic E-state index is 0. The van der Waals surface area contributed by atoms with Crippen LogP contribution in [0.1, 0.15) is 12.0 Å². The van der Waals surface area contributed by atoms with Gasteiger partial charge in [-0.05, 0) is 13.6 Å². The van der Waals surface area contributed by atoms with Crippen LogP contribution in [0.2, 0.25) is 0 Å². The minimum absolute atomic E-state index is 0. The van der Waals surface area contributed by atoms with Crippen LogP contribution >= 0.6 is 0 Å². The van der Waals surface area contributed by atoms with Crippen LogP contribution in [0, 0.1) is 0 Å². The van der Waals surface area contributed by atoms with Crippen LogP contribution in [0.5, 0.6) is 0 Å². The summed E-state index contributed by atoms with van der Waals surface area (Å²) >= 11 is 0. The van der Waals surface area contributed by atoms with Gasteiger partial charge in [0, 0.05) is 13.0 Å². The maximum absolute atomic E-state index is 11.6. The molecule has 0 aromatic heterocycles. The van der Waals surface area contributed by atoms with Crippen LogP contribution in [0.25, 0.3) is 6.08 Å². The minimum Gasteiger partial charge on any atom is -0.310 e. The van der Waals surface area contributed by atoms with Gasteiger partial charge in [-0.3, -0.25) is 0 Å². The Morgan fingerprint density at radius 2 is 1.85 bits per heavy atom. The van der Waals surface area contributed by atoms with Gasteiger partial charge in [0.15, 0.2) is 0 Å². The molecular formula is C17H19FeNO. The largest absolute Gasteiger partial charge is 2.00 e. The molecule has 0 unspecified atom stereocenters. The number of piperidine rings is 1. The fraction of sp³-hybridized carbons (Fsp3) is 0.235. The van der Waals surface area contributed by atoms with Crippen molar-refractivity contribution in [3.05, 3.63) is 65.7 Å². The average Bonchev–Trinajstić information content (AvgIpc) is 3.09. The summed E-state index contributed by atoms with van der Waals surface area (Å²) in [6, 6.07) is 18.0. The van der Waals surface area contributed by atoms with E-state index in [2.05, 4.69) is 4.90 Å². The SMILES string of the molecule is CN1CCC(=O)/C(=C\[c-]2cccc2)C1.[Fe+2].c1cc[cH-]c1. The summed E-state index contributed by atoms with van der Waals surface area (Å²) in [6.45, 7) is 1.67. The van der Waals surface area contributed by atoms with E-state index in [-0.39, 0.29) is 17.1 Å². The summed E-state index contributed by atoms with van der Waals surface area (Å²) in [4.78, 5) is 13.7. The summed E-state index contributed by atoms with van der Waals surface area (Å²) in [5.74, 6) is 0.296. The molecule has 20 heavy (non-hydrogen) atoms. The summed E-state index contributed by atoms with van der Waals surface area (Å²) < 4.78 is 0. The summed E-state index contributed by atoms with van der Waals surface area (Å²) in [5.41, 5.74) is 2.06. The quantitative estimate of drug-likeness (QED) is 0.458. The fourth-order valence-electron chi connectivity index (χ4n) is 2.04. The Morgan fingerprint density at radius 3 is 2.40 bits per heavy atom. The van der Waals surface area contributed by atoms with Gasteiger partial charge < -0.3 is 9.69 Å². The summed E-state index contributed by atoms with van der Waals surface area (Å²) in [5, 5.41) is 0. The van der Waals surface area contributed by atoms with Gasteiger partial charge in [0.25, 0.3) is 0 Å². The van der Waals surface area contributed by atoms with Crippen LogP contribution < -0.4 is 0 Å². The van der Waals surface area contributed by atoms with Gasteiger partial charge in [0.05, 0.1) is 0 Å². The molecule has 3 rings (SSSR count). The van der Waals surface area contributed by atoms with Crippen molar-refractivity contribution in [3.63, 3.8) is 0 Å². The van der Waals surface area contributed by atoms with Gasteiger partial charge in [0.2, 0.25) is 0 Å². The van der Waals surface area contributed by atoms with E-state index in [0.717, 1.165) is 24.2 Å². The van der Waals surface area contributed by atoms with Crippen LogP contribution in [0.15, 0.2) is 60.2 Å². The first kappa shape index (κ1) is 16.6. The fourth-order valence-corrected chi connectivity index (χ4v) is 2.04. The molecule has 1 fully saturated rings. The summed E-state index contributed by atoms with van der Waals surface area (Å²) in [6.07, 6.45) is 2.65. The first-order chi connectivity index (χ1) is 9.25. The number of likely N-dealkylation sites (tertiary alicyclic amines) is 1. The number of hydrogen-bond donors (Lipinski definition) is 0. The number of nitrogens with zero attached hydrogens (tertiary/aromatic N) is 1. The standard InChI is InChI=1S/C12H14NO.C5H5.Fe/c1-13-7-6-12(14)11(9-13)8-10-4-2-3-5-10;1-2-4-5-3-1;/h2-5,8H,6-7,9H2,1H3;1-5H;/q2*-1;+2/b11-8-;;. The van der Waals surface area contributed by atoms with Gasteiger partial charge in [-0.2, -0.15) is 30.3 Å². The zero-order valence-electron chi connectivity index (χ0n) is 11.6. The van der Waals surface area contributed by atoms with E-state index in [0.29, 0.717) is 12.2 Å². The van der Waals surface area contributed by atoms with Crippen LogP contribution in [0.3, 0.4) is 0 Å². The number of carbonyl (C=O) groups is 1. The Balaban J connectivity index is 0.000000283. The van der Waals surface area contributed by atoms with Crippen molar-refractivity contribution in [1.82, 2.24) is 4.90 Å². The molecule has 0 bridgehead atoms. The Hall–Kier alpha value is -1.41. The molecule has 3 heteroatoms. The molecule has 2 aromatic rings. The van der Waals surface area contributed by atoms with Crippen molar-refractivity contribution in [3.8, 4) is 0 Å². The number of hydrogen-bond acceptors (Lipinski definition) is 2. The molecule has 0 spiro atoms. The molecule has 0 N–H and O–H groups in total. The van der Waals surface area contributed by atoms with E-state index in [9.17, 15) is 4.79 Å². The Bertz CT molecular complexity index is 494. The van der Waals surface area contributed by atoms with Gasteiger partial charge >= 0.3 is 17.1 Å². The number of Topliss-reactive ketones (excluding diaryl/α,β-unsaturated/α-hetero) is 1. The predicted molar refractivity (Wildman–Crippen MR) is 79.2 cm³/mol. The summed E-state index contributed by atoms with van der Waals surface area (Å²) in [7, 11) is 2.05. The normalized spacial score (nSPS) is 17.2. The molecule has 0 amide bonds. The van der Waals surface area contributed by atoms with E-state index in [1.165, 1.54) is 0 Å². The zero-order valence-corrected chi connectivity index (χ0v) is 12.7. The van der Waals surface area contributed by atoms with Gasteiger partial charge in [0.1, 0.15) is 5.78 Å². The molecule has 1 aliphatic rings. The van der Waals surface area contributed by atoms with E-state index >= 15 is 0 Å². The first-order valence-electron chi connectivity index (χ1n) is 6.56. The average molecular weight is 309 g/mol. The number of carbonyl (C=O) groups excluding carboxylic acids is 1. The molecule has 0 radical (unpaired) electrons. The second-order valence-electron chi connectivity index (χ2n) is 4.76. The predicted octanol–water partition coefficient (Wildman–Crippen LogP) is 3.10. The number of rotatable bonds is 1. The second-order valence-corrected chi connectivity index (χ2v) is 4.76. The molecule has 0 aliphatic carbocycles. The molecule has 2 nitrogen and oxygen atoms in total. The first-order valence-corrected chi connectivity index (χ1v) is 6.56. The van der Waals surface area contributed by atoms with Crippen molar-refractivity contribution in [2.45, 2.75) is 6.42 Å². The van der Waals surface area contributed by atoms with Crippen LogP contribution in [-0.2, 0) is 21.9 Å². The third kappa shape index (κ3) is 5.30. The van der Waals surface area contributed by atoms with Gasteiger partial charge in [-0.25, -0.2) is 12.1 Å². The van der Waals surface area contributed by atoms with Gasteiger partial charge in [-0.15, -0.1) is 23.8 Å². The number of likely N-dealkylation sites (N-methyl/N-ethyl adjacent to an activating group) is 1. The van der Waals surface area contributed by atoms with E-state index in [1.54, 1.807) is 0 Å². The van der Waals surface area contributed by atoms with Crippen LogP contribution in [0.4, 0.5) is 0 Å². The smallest absolute Gasteiger partial charge is 0.310 e. The van der Waals surface area contributed by atoms with E-state index < -0.39 is 0 Å². The molecule has 106 valence electrons. The van der Waals surface area contributed by atoms with E-state index in [4.69, 9.17) is 0 Å². The maximum Gasteiger partial charge on any atom is 2.00 e. The molecule has 2 aromatic carbocycles. The van der Waals surface area contributed by atoms with Crippen molar-refractivity contribution >= 4 is 11.9 Å². The number of ketones is 1. The van der Waals surface area contributed by atoms with Crippen molar-refractivity contribution < 1.29 is 21.9 Å². The topological polar surface area (TPSA) is 20.3 Å².